The Labute approximate surface area is 270 Å². The van der Waals surface area contributed by atoms with Crippen LogP contribution in [0.3, 0.4) is 0 Å². The van der Waals surface area contributed by atoms with Crippen LogP contribution < -0.4 is 4.90 Å². The molecule has 0 fully saturated rings. The smallest absolute Gasteiger partial charge is 0.143 e. The van der Waals surface area contributed by atoms with Gasteiger partial charge in [0.15, 0.2) is 0 Å². The number of fused-ring (bicyclic) bond motifs is 9. The summed E-state index contributed by atoms with van der Waals surface area (Å²) in [5.41, 5.74) is 9.08. The van der Waals surface area contributed by atoms with Gasteiger partial charge >= 0.3 is 0 Å². The van der Waals surface area contributed by atoms with Crippen LogP contribution in [0.2, 0.25) is 0 Å². The predicted molar refractivity (Wildman–Crippen MR) is 196 cm³/mol. The van der Waals surface area contributed by atoms with Crippen molar-refractivity contribution < 1.29 is 8.83 Å². The van der Waals surface area contributed by atoms with E-state index in [-0.39, 0.29) is 0 Å². The van der Waals surface area contributed by atoms with Gasteiger partial charge in [-0.1, -0.05) is 103 Å². The minimum absolute atomic E-state index is 0.871. The molecule has 3 heteroatoms. The van der Waals surface area contributed by atoms with Gasteiger partial charge in [0, 0.05) is 32.9 Å². The highest BCUT2D eigenvalue weighted by Crippen LogP contribution is 2.45. The van der Waals surface area contributed by atoms with E-state index < -0.39 is 0 Å². The molecule has 0 saturated carbocycles. The first kappa shape index (κ1) is 26.0. The van der Waals surface area contributed by atoms with Crippen molar-refractivity contribution in [2.24, 2.45) is 0 Å². The number of hydrogen-bond donors (Lipinski definition) is 0. The number of anilines is 3. The number of benzene rings is 8. The molecule has 2 aromatic heterocycles. The average molecular weight is 602 g/mol. The van der Waals surface area contributed by atoms with Crippen LogP contribution in [0.5, 0.6) is 0 Å². The Bertz CT molecular complexity index is 2800. The van der Waals surface area contributed by atoms with Crippen molar-refractivity contribution in [1.29, 1.82) is 0 Å². The van der Waals surface area contributed by atoms with Gasteiger partial charge in [0.25, 0.3) is 0 Å². The van der Waals surface area contributed by atoms with Gasteiger partial charge in [0.05, 0.1) is 11.1 Å². The van der Waals surface area contributed by atoms with Gasteiger partial charge in [-0.25, -0.2) is 0 Å². The lowest BCUT2D eigenvalue weighted by atomic mass is 10.0. The Morgan fingerprint density at radius 2 is 1.02 bits per heavy atom. The number of nitrogens with zero attached hydrogens (tertiary/aromatic N) is 1. The quantitative estimate of drug-likeness (QED) is 0.201. The van der Waals surface area contributed by atoms with E-state index in [1.807, 2.05) is 12.1 Å². The molecule has 0 aliphatic heterocycles. The van der Waals surface area contributed by atoms with Crippen molar-refractivity contribution in [3.63, 3.8) is 0 Å². The zero-order chi connectivity index (χ0) is 30.9. The molecule has 0 bridgehead atoms. The average Bonchev–Trinajstić information content (AvgIpc) is 3.71. The summed E-state index contributed by atoms with van der Waals surface area (Å²) < 4.78 is 12.8. The minimum Gasteiger partial charge on any atom is -0.456 e. The summed E-state index contributed by atoms with van der Waals surface area (Å²) >= 11 is 0. The third kappa shape index (κ3) is 4.07. The maximum atomic E-state index is 6.60. The van der Waals surface area contributed by atoms with E-state index in [1.54, 1.807) is 0 Å². The molecular weight excluding hydrogens is 574 g/mol. The highest BCUT2D eigenvalue weighted by atomic mass is 16.3. The molecule has 0 aliphatic carbocycles. The predicted octanol–water partition coefficient (Wildman–Crippen LogP) is 12.9. The first-order chi connectivity index (χ1) is 23.3. The minimum atomic E-state index is 0.871. The number of hydrogen-bond acceptors (Lipinski definition) is 3. The van der Waals surface area contributed by atoms with Gasteiger partial charge in [0.1, 0.15) is 22.3 Å². The molecule has 0 spiro atoms. The fraction of sp³-hybridized carbons (Fsp3) is 0. The van der Waals surface area contributed by atoms with Crippen molar-refractivity contribution in [3.8, 4) is 11.1 Å². The maximum absolute atomic E-state index is 6.60. The molecule has 47 heavy (non-hydrogen) atoms. The third-order valence-corrected chi connectivity index (χ3v) is 9.43. The molecule has 10 aromatic rings. The van der Waals surface area contributed by atoms with E-state index in [2.05, 4.69) is 157 Å². The van der Waals surface area contributed by atoms with E-state index in [4.69, 9.17) is 8.83 Å². The van der Waals surface area contributed by atoms with Gasteiger partial charge in [-0.2, -0.15) is 0 Å². The van der Waals surface area contributed by atoms with Gasteiger partial charge in [-0.05, 0) is 87.9 Å². The highest BCUT2D eigenvalue weighted by molar-refractivity contribution is 6.19. The van der Waals surface area contributed by atoms with Crippen LogP contribution in [0.25, 0.3) is 76.5 Å². The fourth-order valence-corrected chi connectivity index (χ4v) is 7.17. The normalized spacial score (nSPS) is 11.8. The van der Waals surface area contributed by atoms with Crippen molar-refractivity contribution in [2.75, 3.05) is 4.90 Å². The zero-order valence-corrected chi connectivity index (χ0v) is 25.4. The van der Waals surface area contributed by atoms with E-state index in [0.29, 0.717) is 0 Å². The molecule has 220 valence electrons. The second-order valence-electron chi connectivity index (χ2n) is 12.1. The second kappa shape index (κ2) is 10.1. The summed E-state index contributed by atoms with van der Waals surface area (Å²) in [6, 6.07) is 57.9. The summed E-state index contributed by atoms with van der Waals surface area (Å²) in [6.07, 6.45) is 0. The number of furan rings is 2. The van der Waals surface area contributed by atoms with Gasteiger partial charge in [0.2, 0.25) is 0 Å². The van der Waals surface area contributed by atoms with Crippen molar-refractivity contribution in [1.82, 2.24) is 0 Å². The van der Waals surface area contributed by atoms with E-state index in [1.165, 1.54) is 16.2 Å². The van der Waals surface area contributed by atoms with Crippen LogP contribution in [0.15, 0.2) is 173 Å². The Kier molecular flexibility index (Phi) is 5.57. The topological polar surface area (TPSA) is 29.5 Å². The fourth-order valence-electron chi connectivity index (χ4n) is 7.17. The molecular formula is C44H27NO2. The Morgan fingerprint density at radius 3 is 1.91 bits per heavy atom. The lowest BCUT2D eigenvalue weighted by Gasteiger charge is -2.27. The third-order valence-electron chi connectivity index (χ3n) is 9.43. The van der Waals surface area contributed by atoms with Crippen LogP contribution in [0, 0.1) is 0 Å². The van der Waals surface area contributed by atoms with E-state index >= 15 is 0 Å². The Hall–Kier alpha value is -6.32. The van der Waals surface area contributed by atoms with Crippen LogP contribution in [-0.4, -0.2) is 0 Å². The molecule has 0 radical (unpaired) electrons. The molecule has 0 aliphatic rings. The van der Waals surface area contributed by atoms with Gasteiger partial charge < -0.3 is 13.7 Å². The number of para-hydroxylation sites is 1. The maximum Gasteiger partial charge on any atom is 0.143 e. The summed E-state index contributed by atoms with van der Waals surface area (Å²) in [5, 5.41) is 9.18. The van der Waals surface area contributed by atoms with E-state index in [0.717, 1.165) is 77.5 Å². The SMILES string of the molecule is c1ccc2cc(N(c3ccc(-c4ccc5c(c4)oc4ccccc45)cc3)c3cccc4oc5c6ccccc6ccc5c34)ccc2c1. The molecule has 0 saturated heterocycles. The summed E-state index contributed by atoms with van der Waals surface area (Å²) in [4.78, 5) is 2.35. The van der Waals surface area contributed by atoms with Crippen LogP contribution in [0.1, 0.15) is 0 Å². The second-order valence-corrected chi connectivity index (χ2v) is 12.1. The van der Waals surface area contributed by atoms with Crippen LogP contribution in [0.4, 0.5) is 17.1 Å². The van der Waals surface area contributed by atoms with Crippen molar-refractivity contribution in [2.45, 2.75) is 0 Å². The first-order valence-electron chi connectivity index (χ1n) is 15.9. The Morgan fingerprint density at radius 1 is 0.362 bits per heavy atom. The zero-order valence-electron chi connectivity index (χ0n) is 25.4. The number of rotatable bonds is 4. The first-order valence-corrected chi connectivity index (χ1v) is 15.9. The molecule has 0 N–H and O–H groups in total. The van der Waals surface area contributed by atoms with Crippen LogP contribution >= 0.6 is 0 Å². The summed E-state index contributed by atoms with van der Waals surface area (Å²) in [6.45, 7) is 0. The summed E-state index contributed by atoms with van der Waals surface area (Å²) in [7, 11) is 0. The molecule has 0 amide bonds. The molecule has 0 unspecified atom stereocenters. The summed E-state index contributed by atoms with van der Waals surface area (Å²) in [5.74, 6) is 0. The molecule has 10 rings (SSSR count). The van der Waals surface area contributed by atoms with E-state index in [9.17, 15) is 0 Å². The molecule has 2 heterocycles. The molecule has 0 atom stereocenters. The molecule has 8 aromatic carbocycles. The van der Waals surface area contributed by atoms with Crippen molar-refractivity contribution in [3.05, 3.63) is 164 Å². The molecule has 3 nitrogen and oxygen atoms in total. The largest absolute Gasteiger partial charge is 0.456 e. The van der Waals surface area contributed by atoms with Crippen molar-refractivity contribution >= 4 is 82.5 Å². The van der Waals surface area contributed by atoms with Gasteiger partial charge in [-0.15, -0.1) is 0 Å². The van der Waals surface area contributed by atoms with Crippen LogP contribution in [-0.2, 0) is 0 Å². The Balaban J connectivity index is 1.16. The van der Waals surface area contributed by atoms with Gasteiger partial charge in [-0.3, -0.25) is 0 Å². The monoisotopic (exact) mass is 601 g/mol. The highest BCUT2D eigenvalue weighted by Gasteiger charge is 2.21. The lowest BCUT2D eigenvalue weighted by Crippen LogP contribution is -2.10. The standard InChI is InChI=1S/C44H27NO2/c1-2-10-31-26-34(23-18-28(31)8-1)45(39-13-7-15-41-43(39)38-25-19-30-9-3-4-11-35(30)44(38)47-41)33-21-16-29(17-22-33)32-20-24-37-36-12-5-6-14-40(36)46-42(37)27-32/h1-27H. The lowest BCUT2D eigenvalue weighted by molar-refractivity contribution is 0.669.